The summed E-state index contributed by atoms with van der Waals surface area (Å²) in [5.74, 6) is -0.993. The van der Waals surface area contributed by atoms with Gasteiger partial charge < -0.3 is 19.3 Å². The molecule has 1 amide bonds. The molecular weight excluding hydrogens is 344 g/mol. The van der Waals surface area contributed by atoms with Gasteiger partial charge in [-0.05, 0) is 44.9 Å². The van der Waals surface area contributed by atoms with E-state index in [-0.39, 0.29) is 24.9 Å². The van der Waals surface area contributed by atoms with E-state index in [9.17, 15) is 9.59 Å². The van der Waals surface area contributed by atoms with Gasteiger partial charge in [-0.3, -0.25) is 9.59 Å². The molecule has 1 aromatic heterocycles. The summed E-state index contributed by atoms with van der Waals surface area (Å²) in [4.78, 5) is 26.2. The third-order valence-corrected chi connectivity index (χ3v) is 5.13. The minimum absolute atomic E-state index is 0.0189. The predicted molar refractivity (Wildman–Crippen MR) is 102 cm³/mol. The molecule has 0 radical (unpaired) electrons. The standard InChI is InChI=1S/C21H26N2O4/c1-15-14-19(16(2)23(15)18-6-4-3-5-7-18)21(26)22(11-8-20(24)25)17-9-12-27-13-10-17/h3-7,14,17H,8-13H2,1-2H3,(H,24,25). The first-order valence-electron chi connectivity index (χ1n) is 9.34. The molecule has 1 N–H and O–H groups in total. The molecule has 1 fully saturated rings. The molecule has 27 heavy (non-hydrogen) atoms. The zero-order valence-corrected chi connectivity index (χ0v) is 15.9. The van der Waals surface area contributed by atoms with Crippen molar-refractivity contribution >= 4 is 11.9 Å². The lowest BCUT2D eigenvalue weighted by molar-refractivity contribution is -0.137. The van der Waals surface area contributed by atoms with Gasteiger partial charge in [-0.2, -0.15) is 0 Å². The highest BCUT2D eigenvalue weighted by molar-refractivity contribution is 5.96. The number of nitrogens with zero attached hydrogens (tertiary/aromatic N) is 2. The molecular formula is C21H26N2O4. The molecule has 1 aromatic carbocycles. The lowest BCUT2D eigenvalue weighted by Gasteiger charge is -2.34. The van der Waals surface area contributed by atoms with Gasteiger partial charge in [0, 0.05) is 42.9 Å². The minimum Gasteiger partial charge on any atom is -0.481 e. The number of aryl methyl sites for hydroxylation is 1. The normalized spacial score (nSPS) is 14.9. The Morgan fingerprint density at radius 1 is 1.19 bits per heavy atom. The van der Waals surface area contributed by atoms with Crippen molar-refractivity contribution in [3.05, 3.63) is 53.3 Å². The maximum absolute atomic E-state index is 13.4. The molecule has 0 aliphatic carbocycles. The van der Waals surface area contributed by atoms with Gasteiger partial charge in [-0.15, -0.1) is 0 Å². The lowest BCUT2D eigenvalue weighted by atomic mass is 10.0. The molecule has 3 rings (SSSR count). The average Bonchev–Trinajstić information content (AvgIpc) is 2.97. The van der Waals surface area contributed by atoms with E-state index in [4.69, 9.17) is 9.84 Å². The topological polar surface area (TPSA) is 71.8 Å². The molecule has 1 aliphatic heterocycles. The van der Waals surface area contributed by atoms with Gasteiger partial charge >= 0.3 is 5.97 Å². The summed E-state index contributed by atoms with van der Waals surface area (Å²) in [5.41, 5.74) is 3.49. The van der Waals surface area contributed by atoms with E-state index in [1.807, 2.05) is 50.2 Å². The van der Waals surface area contributed by atoms with E-state index in [0.29, 0.717) is 18.8 Å². The molecule has 1 saturated heterocycles. The van der Waals surface area contributed by atoms with Gasteiger partial charge in [-0.25, -0.2) is 0 Å². The number of aliphatic carboxylic acids is 1. The third kappa shape index (κ3) is 4.22. The van der Waals surface area contributed by atoms with Crippen molar-refractivity contribution in [2.75, 3.05) is 19.8 Å². The predicted octanol–water partition coefficient (Wildman–Crippen LogP) is 3.19. The Kier molecular flexibility index (Phi) is 5.96. The van der Waals surface area contributed by atoms with Crippen molar-refractivity contribution in [1.82, 2.24) is 9.47 Å². The van der Waals surface area contributed by atoms with Crippen molar-refractivity contribution in [1.29, 1.82) is 0 Å². The van der Waals surface area contributed by atoms with E-state index in [1.54, 1.807) is 4.90 Å². The zero-order chi connectivity index (χ0) is 19.4. The van der Waals surface area contributed by atoms with E-state index < -0.39 is 5.97 Å². The summed E-state index contributed by atoms with van der Waals surface area (Å²) < 4.78 is 7.47. The van der Waals surface area contributed by atoms with Crippen molar-refractivity contribution in [3.63, 3.8) is 0 Å². The molecule has 6 heteroatoms. The molecule has 2 aromatic rings. The number of carbonyl (C=O) groups is 2. The molecule has 0 saturated carbocycles. The van der Waals surface area contributed by atoms with Crippen LogP contribution in [0.2, 0.25) is 0 Å². The highest BCUT2D eigenvalue weighted by Gasteiger charge is 2.29. The van der Waals surface area contributed by atoms with Crippen LogP contribution in [0.3, 0.4) is 0 Å². The van der Waals surface area contributed by atoms with Crippen LogP contribution in [-0.4, -0.2) is 52.3 Å². The van der Waals surface area contributed by atoms with Gasteiger partial charge in [0.2, 0.25) is 0 Å². The highest BCUT2D eigenvalue weighted by Crippen LogP contribution is 2.24. The summed E-state index contributed by atoms with van der Waals surface area (Å²) in [6, 6.07) is 11.8. The Balaban J connectivity index is 1.92. The minimum atomic E-state index is -0.894. The SMILES string of the molecule is Cc1cc(C(=O)N(CCC(=O)O)C2CCOCC2)c(C)n1-c1ccccc1. The van der Waals surface area contributed by atoms with Crippen LogP contribution in [0.1, 0.15) is 41.0 Å². The third-order valence-electron chi connectivity index (χ3n) is 5.13. The van der Waals surface area contributed by atoms with Crippen LogP contribution in [0, 0.1) is 13.8 Å². The first-order valence-corrected chi connectivity index (χ1v) is 9.34. The second-order valence-electron chi connectivity index (χ2n) is 6.94. The molecule has 0 atom stereocenters. The van der Waals surface area contributed by atoms with Crippen molar-refractivity contribution in [3.8, 4) is 5.69 Å². The molecule has 6 nitrogen and oxygen atoms in total. The van der Waals surface area contributed by atoms with E-state index in [0.717, 1.165) is 29.9 Å². The van der Waals surface area contributed by atoms with Crippen LogP contribution in [0.4, 0.5) is 0 Å². The molecule has 0 unspecified atom stereocenters. The summed E-state index contributed by atoms with van der Waals surface area (Å²) in [6.45, 7) is 5.34. The summed E-state index contributed by atoms with van der Waals surface area (Å²) in [7, 11) is 0. The Bertz CT molecular complexity index is 807. The van der Waals surface area contributed by atoms with Crippen molar-refractivity contribution < 1.29 is 19.4 Å². The van der Waals surface area contributed by atoms with E-state index in [1.165, 1.54) is 0 Å². The van der Waals surface area contributed by atoms with Crippen LogP contribution in [-0.2, 0) is 9.53 Å². The van der Waals surface area contributed by atoms with Crippen molar-refractivity contribution in [2.45, 2.75) is 39.2 Å². The number of benzene rings is 1. The second-order valence-corrected chi connectivity index (χ2v) is 6.94. The molecule has 0 spiro atoms. The first-order chi connectivity index (χ1) is 13.0. The number of hydrogen-bond acceptors (Lipinski definition) is 3. The molecule has 2 heterocycles. The number of carboxylic acids is 1. The number of amides is 1. The number of ether oxygens (including phenoxy) is 1. The summed E-state index contributed by atoms with van der Waals surface area (Å²) in [5, 5.41) is 9.10. The highest BCUT2D eigenvalue weighted by atomic mass is 16.5. The van der Waals surface area contributed by atoms with Crippen LogP contribution >= 0.6 is 0 Å². The Hall–Kier alpha value is -2.60. The number of carboxylic acid groups (broad SMARTS) is 1. The number of carbonyl (C=O) groups excluding carboxylic acids is 1. The lowest BCUT2D eigenvalue weighted by Crippen LogP contribution is -2.44. The van der Waals surface area contributed by atoms with E-state index in [2.05, 4.69) is 4.57 Å². The number of aromatic nitrogens is 1. The monoisotopic (exact) mass is 370 g/mol. The Labute approximate surface area is 159 Å². The maximum atomic E-state index is 13.4. The van der Waals surface area contributed by atoms with Crippen molar-refractivity contribution in [2.24, 2.45) is 0 Å². The average molecular weight is 370 g/mol. The van der Waals surface area contributed by atoms with Gasteiger partial charge in [0.25, 0.3) is 5.91 Å². The van der Waals surface area contributed by atoms with Crippen LogP contribution in [0.5, 0.6) is 0 Å². The fraction of sp³-hybridized carbons (Fsp3) is 0.429. The zero-order valence-electron chi connectivity index (χ0n) is 15.9. The van der Waals surface area contributed by atoms with Crippen LogP contribution in [0.15, 0.2) is 36.4 Å². The fourth-order valence-corrected chi connectivity index (χ4v) is 3.77. The van der Waals surface area contributed by atoms with Crippen LogP contribution in [0.25, 0.3) is 5.69 Å². The van der Waals surface area contributed by atoms with Gasteiger partial charge in [0.05, 0.1) is 12.0 Å². The van der Waals surface area contributed by atoms with Crippen LogP contribution < -0.4 is 0 Å². The molecule has 0 bridgehead atoms. The number of para-hydroxylation sites is 1. The van der Waals surface area contributed by atoms with Gasteiger partial charge in [-0.1, -0.05) is 18.2 Å². The second kappa shape index (κ2) is 8.39. The fourth-order valence-electron chi connectivity index (χ4n) is 3.77. The number of hydrogen-bond donors (Lipinski definition) is 1. The van der Waals surface area contributed by atoms with Gasteiger partial charge in [0.15, 0.2) is 0 Å². The summed E-state index contributed by atoms with van der Waals surface area (Å²) >= 11 is 0. The largest absolute Gasteiger partial charge is 0.481 e. The Morgan fingerprint density at radius 2 is 1.85 bits per heavy atom. The smallest absolute Gasteiger partial charge is 0.305 e. The first kappa shape index (κ1) is 19.2. The molecule has 144 valence electrons. The summed E-state index contributed by atoms with van der Waals surface area (Å²) in [6.07, 6.45) is 1.42. The maximum Gasteiger partial charge on any atom is 0.305 e. The Morgan fingerprint density at radius 3 is 2.48 bits per heavy atom. The quantitative estimate of drug-likeness (QED) is 0.848. The molecule has 1 aliphatic rings. The van der Waals surface area contributed by atoms with E-state index >= 15 is 0 Å². The number of rotatable bonds is 6. The van der Waals surface area contributed by atoms with Gasteiger partial charge in [0.1, 0.15) is 0 Å².